The lowest BCUT2D eigenvalue weighted by molar-refractivity contribution is -0.130. The Morgan fingerprint density at radius 1 is 0.931 bits per heavy atom. The van der Waals surface area contributed by atoms with Crippen LogP contribution in [0.1, 0.15) is 102 Å². The summed E-state index contributed by atoms with van der Waals surface area (Å²) in [6.45, 7) is 7.61. The predicted octanol–water partition coefficient (Wildman–Crippen LogP) is 7.83. The zero-order valence-corrected chi connectivity index (χ0v) is 18.6. The lowest BCUT2D eigenvalue weighted by Crippen LogP contribution is -2.25. The van der Waals surface area contributed by atoms with E-state index in [1.807, 2.05) is 12.1 Å². The van der Waals surface area contributed by atoms with Gasteiger partial charge in [0.05, 0.1) is 0 Å². The minimum Gasteiger partial charge on any atom is -0.423 e. The third-order valence-corrected chi connectivity index (χ3v) is 7.46. The smallest absolute Gasteiger partial charge is 0.338 e. The molecule has 3 rings (SSSR count). The summed E-state index contributed by atoms with van der Waals surface area (Å²) < 4.78 is 5.32. The molecular weight excluding hydrogens is 356 g/mol. The second-order valence-corrected chi connectivity index (χ2v) is 9.63. The number of ether oxygens (including phenoxy) is 1. The topological polar surface area (TPSA) is 26.3 Å². The van der Waals surface area contributed by atoms with Crippen LogP contribution in [0.15, 0.2) is 36.4 Å². The third-order valence-electron chi connectivity index (χ3n) is 7.46. The summed E-state index contributed by atoms with van der Waals surface area (Å²) in [5, 5.41) is 0. The highest BCUT2D eigenvalue weighted by molar-refractivity contribution is 5.88. The Labute approximate surface area is 178 Å². The van der Waals surface area contributed by atoms with Gasteiger partial charge in [-0.2, -0.15) is 0 Å². The molecule has 29 heavy (non-hydrogen) atoms. The third kappa shape index (κ3) is 6.46. The van der Waals surface area contributed by atoms with Crippen molar-refractivity contribution in [1.29, 1.82) is 0 Å². The van der Waals surface area contributed by atoms with Gasteiger partial charge in [-0.3, -0.25) is 0 Å². The van der Waals surface area contributed by atoms with Crippen LogP contribution in [0.4, 0.5) is 0 Å². The number of hydrogen-bond donors (Lipinski definition) is 0. The van der Waals surface area contributed by atoms with Crippen LogP contribution in [0.25, 0.3) is 0 Å². The highest BCUT2D eigenvalue weighted by Gasteiger charge is 2.31. The number of rotatable bonds is 8. The van der Waals surface area contributed by atoms with Crippen molar-refractivity contribution in [2.75, 3.05) is 0 Å². The van der Waals surface area contributed by atoms with E-state index in [4.69, 9.17) is 4.74 Å². The van der Waals surface area contributed by atoms with E-state index in [0.29, 0.717) is 17.2 Å². The first kappa shape index (κ1) is 22.1. The van der Waals surface area contributed by atoms with Crippen molar-refractivity contribution >= 4 is 5.97 Å². The molecule has 2 aliphatic rings. The summed E-state index contributed by atoms with van der Waals surface area (Å²) >= 11 is 0. The van der Waals surface area contributed by atoms with Gasteiger partial charge in [0.25, 0.3) is 0 Å². The van der Waals surface area contributed by atoms with Gasteiger partial charge >= 0.3 is 5.97 Å². The highest BCUT2D eigenvalue weighted by Crippen LogP contribution is 2.44. The molecule has 0 heterocycles. The fraction of sp³-hybridized carbons (Fsp3) is 0.667. The summed E-state index contributed by atoms with van der Waals surface area (Å²) in [7, 11) is 0. The van der Waals surface area contributed by atoms with Crippen LogP contribution in [0.3, 0.4) is 0 Å². The fourth-order valence-corrected chi connectivity index (χ4v) is 5.56. The van der Waals surface area contributed by atoms with E-state index >= 15 is 0 Å². The molecule has 2 saturated carbocycles. The molecule has 2 nitrogen and oxygen atoms in total. The molecule has 0 amide bonds. The molecule has 0 radical (unpaired) electrons. The summed E-state index contributed by atoms with van der Waals surface area (Å²) in [5.41, 5.74) is 1.83. The maximum absolute atomic E-state index is 11.6. The van der Waals surface area contributed by atoms with Gasteiger partial charge in [0.2, 0.25) is 0 Å². The Kier molecular flexibility index (Phi) is 8.39. The average molecular weight is 397 g/mol. The van der Waals surface area contributed by atoms with Crippen molar-refractivity contribution < 1.29 is 9.53 Å². The Hall–Kier alpha value is -1.57. The van der Waals surface area contributed by atoms with Crippen molar-refractivity contribution in [1.82, 2.24) is 0 Å². The summed E-state index contributed by atoms with van der Waals surface area (Å²) in [4.78, 5) is 11.6. The molecule has 0 aliphatic heterocycles. The first-order valence-corrected chi connectivity index (χ1v) is 12.0. The maximum Gasteiger partial charge on any atom is 0.338 e. The number of carbonyl (C=O) groups is 1. The van der Waals surface area contributed by atoms with Crippen LogP contribution in [-0.2, 0) is 4.79 Å². The fourth-order valence-electron chi connectivity index (χ4n) is 5.56. The first-order chi connectivity index (χ1) is 14.1. The van der Waals surface area contributed by atoms with Gasteiger partial charge in [0.1, 0.15) is 5.75 Å². The molecule has 2 heteroatoms. The van der Waals surface area contributed by atoms with Crippen LogP contribution in [0.2, 0.25) is 0 Å². The molecule has 160 valence electrons. The second-order valence-electron chi connectivity index (χ2n) is 9.63. The molecule has 1 aromatic carbocycles. The zero-order valence-electron chi connectivity index (χ0n) is 18.6. The van der Waals surface area contributed by atoms with Crippen LogP contribution in [0.5, 0.6) is 5.75 Å². The molecule has 0 atom stereocenters. The molecule has 2 fully saturated rings. The minimum atomic E-state index is -0.349. The SMILES string of the molecule is C=C(C)C(=O)Oc1ccc(C2CCC(C3CCC(CCCCC)CC3)CC2)cc1. The standard InChI is InChI=1S/C27H40O2/c1-4-5-6-7-21-8-10-22(11-9-21)23-12-14-24(15-13-23)25-16-18-26(19-17-25)29-27(28)20(2)3/h16-19,21-24H,2,4-15H2,1,3H3. The van der Waals surface area contributed by atoms with Crippen LogP contribution < -0.4 is 4.74 Å². The van der Waals surface area contributed by atoms with E-state index < -0.39 is 0 Å². The van der Waals surface area contributed by atoms with E-state index in [2.05, 4.69) is 25.6 Å². The van der Waals surface area contributed by atoms with E-state index in [9.17, 15) is 4.79 Å². The Balaban J connectivity index is 1.41. The average Bonchev–Trinajstić information content (AvgIpc) is 2.75. The molecule has 0 unspecified atom stereocenters. The summed E-state index contributed by atoms with van der Waals surface area (Å²) in [5.74, 6) is 3.90. The molecular formula is C27H40O2. The van der Waals surface area contributed by atoms with Crippen LogP contribution in [0, 0.1) is 17.8 Å². The quantitative estimate of drug-likeness (QED) is 0.194. The lowest BCUT2D eigenvalue weighted by atomic mass is 9.68. The van der Waals surface area contributed by atoms with Crippen molar-refractivity contribution in [3.8, 4) is 5.75 Å². The van der Waals surface area contributed by atoms with E-state index in [1.165, 1.54) is 82.6 Å². The highest BCUT2D eigenvalue weighted by atomic mass is 16.5. The normalized spacial score (nSPS) is 27.4. The Morgan fingerprint density at radius 3 is 2.07 bits per heavy atom. The van der Waals surface area contributed by atoms with Gasteiger partial charge in [0.15, 0.2) is 0 Å². The number of hydrogen-bond acceptors (Lipinski definition) is 2. The molecule has 2 aliphatic carbocycles. The second kappa shape index (κ2) is 11.0. The zero-order chi connectivity index (χ0) is 20.6. The van der Waals surface area contributed by atoms with Gasteiger partial charge in [-0.25, -0.2) is 4.79 Å². The van der Waals surface area contributed by atoms with E-state index in [1.54, 1.807) is 6.92 Å². The van der Waals surface area contributed by atoms with Gasteiger partial charge in [-0.05, 0) is 86.8 Å². The minimum absolute atomic E-state index is 0.349. The summed E-state index contributed by atoms with van der Waals surface area (Å²) in [6.07, 6.45) is 17.0. The van der Waals surface area contributed by atoms with E-state index in [0.717, 1.165) is 17.8 Å². The number of carbonyl (C=O) groups excluding carboxylic acids is 1. The lowest BCUT2D eigenvalue weighted by Gasteiger charge is -2.38. The van der Waals surface area contributed by atoms with Crippen LogP contribution >= 0.6 is 0 Å². The first-order valence-electron chi connectivity index (χ1n) is 12.0. The molecule has 0 bridgehead atoms. The maximum atomic E-state index is 11.6. The van der Waals surface area contributed by atoms with E-state index in [-0.39, 0.29) is 5.97 Å². The Morgan fingerprint density at radius 2 is 1.52 bits per heavy atom. The number of esters is 1. The molecule has 0 aromatic heterocycles. The number of unbranched alkanes of at least 4 members (excludes halogenated alkanes) is 2. The summed E-state index contributed by atoms with van der Waals surface area (Å²) in [6, 6.07) is 8.16. The number of benzene rings is 1. The molecule has 0 saturated heterocycles. The van der Waals surface area contributed by atoms with Gasteiger partial charge in [0, 0.05) is 5.57 Å². The van der Waals surface area contributed by atoms with Gasteiger partial charge in [-0.15, -0.1) is 0 Å². The monoisotopic (exact) mass is 396 g/mol. The largest absolute Gasteiger partial charge is 0.423 e. The van der Waals surface area contributed by atoms with Crippen molar-refractivity contribution in [2.45, 2.75) is 96.8 Å². The van der Waals surface area contributed by atoms with Crippen molar-refractivity contribution in [3.63, 3.8) is 0 Å². The molecule has 0 N–H and O–H groups in total. The van der Waals surface area contributed by atoms with Crippen molar-refractivity contribution in [3.05, 3.63) is 42.0 Å². The van der Waals surface area contributed by atoms with Gasteiger partial charge < -0.3 is 4.74 Å². The predicted molar refractivity (Wildman–Crippen MR) is 121 cm³/mol. The molecule has 0 spiro atoms. The van der Waals surface area contributed by atoms with Crippen LogP contribution in [-0.4, -0.2) is 5.97 Å². The Bertz CT molecular complexity index is 644. The van der Waals surface area contributed by atoms with Crippen molar-refractivity contribution in [2.24, 2.45) is 17.8 Å². The van der Waals surface area contributed by atoms with Gasteiger partial charge in [-0.1, -0.05) is 64.2 Å². The molecule has 1 aromatic rings.